The number of carboxylic acid groups (broad SMARTS) is 1. The molecule has 0 radical (unpaired) electrons. The first-order valence-electron chi connectivity index (χ1n) is 13.9. The molecule has 1 atom stereocenters. The van der Waals surface area contributed by atoms with Crippen LogP contribution in [-0.4, -0.2) is 67.7 Å². The number of carbonyl (C=O) groups excluding carboxylic acids is 1. The summed E-state index contributed by atoms with van der Waals surface area (Å²) in [6, 6.07) is 15.5. The number of benzene rings is 2. The van der Waals surface area contributed by atoms with Crippen LogP contribution in [0.5, 0.6) is 11.5 Å². The summed E-state index contributed by atoms with van der Waals surface area (Å²) >= 11 is 1.27. The highest BCUT2D eigenvalue weighted by Gasteiger charge is 2.25. The number of rotatable bonds is 8. The third kappa shape index (κ3) is 5.91. The molecule has 12 heteroatoms. The topological polar surface area (TPSA) is 121 Å². The first-order chi connectivity index (χ1) is 20.8. The molecule has 222 valence electrons. The van der Waals surface area contributed by atoms with Gasteiger partial charge in [0, 0.05) is 50.8 Å². The van der Waals surface area contributed by atoms with Crippen LogP contribution in [0.4, 0.5) is 4.79 Å². The van der Waals surface area contributed by atoms with Crippen LogP contribution in [0.1, 0.15) is 41.1 Å². The highest BCUT2D eigenvalue weighted by molar-refractivity contribution is 7.16. The number of likely N-dealkylation sites (tertiary alicyclic amines) is 1. The molecule has 0 bridgehead atoms. The minimum absolute atomic E-state index is 0.0575. The van der Waals surface area contributed by atoms with Crippen LogP contribution in [0.2, 0.25) is 0 Å². The highest BCUT2D eigenvalue weighted by Crippen LogP contribution is 2.37. The summed E-state index contributed by atoms with van der Waals surface area (Å²) in [6.45, 7) is 2.82. The van der Waals surface area contributed by atoms with E-state index < -0.39 is 18.2 Å². The van der Waals surface area contributed by atoms with Gasteiger partial charge in [0.05, 0.1) is 24.3 Å². The summed E-state index contributed by atoms with van der Waals surface area (Å²) in [5, 5.41) is 14.2. The summed E-state index contributed by atoms with van der Waals surface area (Å²) in [7, 11) is 3.23. The van der Waals surface area contributed by atoms with E-state index in [0.717, 1.165) is 32.7 Å². The molecule has 6 rings (SSSR count). The van der Waals surface area contributed by atoms with Gasteiger partial charge in [-0.05, 0) is 42.3 Å². The Balaban J connectivity index is 1.22. The summed E-state index contributed by atoms with van der Waals surface area (Å²) in [5.41, 5.74) is 4.60. The molecular weight excluding hydrogens is 570 g/mol. The van der Waals surface area contributed by atoms with E-state index in [9.17, 15) is 14.7 Å². The average molecular weight is 602 g/mol. The standard InChI is InChI=1S/C31H31N5O6S/c1-19(20-5-4-6-24(13-20)42-23-9-11-35(12-10-23)31(38)39)41-27-15-28(43-29(27)30(37)40-3)36-18-32-25-14-21(7-8-26(25)36)22-16-33-34(2)17-22/h4-8,13-19,23H,9-12H2,1-3H3,(H,38,39). The summed E-state index contributed by atoms with van der Waals surface area (Å²) in [4.78, 5) is 30.3. The fourth-order valence-electron chi connectivity index (χ4n) is 5.20. The molecule has 1 aliphatic heterocycles. The van der Waals surface area contributed by atoms with Gasteiger partial charge in [-0.1, -0.05) is 18.2 Å². The number of imidazole rings is 1. The molecule has 0 aliphatic carbocycles. The maximum atomic E-state index is 12.8. The second-order valence-electron chi connectivity index (χ2n) is 10.4. The lowest BCUT2D eigenvalue weighted by Crippen LogP contribution is -2.41. The zero-order chi connectivity index (χ0) is 30.1. The minimum atomic E-state index is -0.898. The van der Waals surface area contributed by atoms with E-state index >= 15 is 0 Å². The molecule has 1 aliphatic rings. The Hall–Kier alpha value is -4.84. The summed E-state index contributed by atoms with van der Waals surface area (Å²) in [5.74, 6) is 0.628. The quantitative estimate of drug-likeness (QED) is 0.217. The molecule has 2 aromatic carbocycles. The van der Waals surface area contributed by atoms with Gasteiger partial charge in [-0.3, -0.25) is 9.25 Å². The van der Waals surface area contributed by atoms with E-state index in [0.29, 0.717) is 42.3 Å². The molecule has 1 N–H and O–H groups in total. The number of ether oxygens (including phenoxy) is 3. The lowest BCUT2D eigenvalue weighted by molar-refractivity contribution is 0.0599. The van der Waals surface area contributed by atoms with E-state index in [1.54, 1.807) is 11.0 Å². The Morgan fingerprint density at radius 1 is 1.09 bits per heavy atom. The number of esters is 1. The molecular formula is C31H31N5O6S. The van der Waals surface area contributed by atoms with Gasteiger partial charge in [0.2, 0.25) is 0 Å². The number of thiophene rings is 1. The molecule has 4 heterocycles. The van der Waals surface area contributed by atoms with Crippen LogP contribution >= 0.6 is 11.3 Å². The molecule has 5 aromatic rings. The van der Waals surface area contributed by atoms with Gasteiger partial charge in [-0.25, -0.2) is 14.6 Å². The maximum absolute atomic E-state index is 12.8. The van der Waals surface area contributed by atoms with E-state index in [2.05, 4.69) is 10.1 Å². The van der Waals surface area contributed by atoms with Crippen LogP contribution in [-0.2, 0) is 11.8 Å². The van der Waals surface area contributed by atoms with Crippen molar-refractivity contribution in [1.82, 2.24) is 24.2 Å². The number of aryl methyl sites for hydroxylation is 1. The first-order valence-corrected chi connectivity index (χ1v) is 14.7. The van der Waals surface area contributed by atoms with Crippen LogP contribution in [0.3, 0.4) is 0 Å². The number of aromatic nitrogens is 4. The van der Waals surface area contributed by atoms with Crippen molar-refractivity contribution in [2.24, 2.45) is 7.05 Å². The Bertz CT molecular complexity index is 1780. The van der Waals surface area contributed by atoms with Gasteiger partial charge in [0.25, 0.3) is 0 Å². The molecule has 1 amide bonds. The van der Waals surface area contributed by atoms with Crippen molar-refractivity contribution in [2.45, 2.75) is 32.0 Å². The summed E-state index contributed by atoms with van der Waals surface area (Å²) < 4.78 is 21.3. The van der Waals surface area contributed by atoms with Gasteiger partial charge < -0.3 is 24.2 Å². The normalized spacial score (nSPS) is 14.5. The van der Waals surface area contributed by atoms with Crippen molar-refractivity contribution in [3.63, 3.8) is 0 Å². The predicted molar refractivity (Wildman–Crippen MR) is 161 cm³/mol. The molecule has 3 aromatic heterocycles. The Labute approximate surface area is 251 Å². The monoisotopic (exact) mass is 601 g/mol. The first kappa shape index (κ1) is 28.3. The van der Waals surface area contributed by atoms with Gasteiger partial charge in [0.1, 0.15) is 35.0 Å². The van der Waals surface area contributed by atoms with Gasteiger partial charge in [0.15, 0.2) is 4.88 Å². The molecule has 1 saturated heterocycles. The number of methoxy groups -OCH3 is 1. The minimum Gasteiger partial charge on any atom is -0.490 e. The molecule has 0 spiro atoms. The zero-order valence-corrected chi connectivity index (χ0v) is 24.8. The van der Waals surface area contributed by atoms with Gasteiger partial charge in [-0.2, -0.15) is 5.10 Å². The highest BCUT2D eigenvalue weighted by atomic mass is 32.1. The lowest BCUT2D eigenvalue weighted by Gasteiger charge is -2.30. The largest absolute Gasteiger partial charge is 0.490 e. The number of carbonyl (C=O) groups is 2. The fourth-order valence-corrected chi connectivity index (χ4v) is 6.19. The number of nitrogens with zero attached hydrogens (tertiary/aromatic N) is 5. The van der Waals surface area contributed by atoms with Crippen molar-refractivity contribution < 1.29 is 28.9 Å². The SMILES string of the molecule is COC(=O)c1sc(-n2cnc3cc(-c4cnn(C)c4)ccc32)cc1OC(C)c1cccc(OC2CCN(C(=O)O)CC2)c1. The van der Waals surface area contributed by atoms with E-state index in [1.165, 1.54) is 23.3 Å². The average Bonchev–Trinajstić information content (AvgIpc) is 3.75. The van der Waals surface area contributed by atoms with Crippen molar-refractivity contribution in [3.05, 3.63) is 77.7 Å². The van der Waals surface area contributed by atoms with Crippen LogP contribution < -0.4 is 9.47 Å². The smallest absolute Gasteiger partial charge is 0.407 e. The number of piperidine rings is 1. The van der Waals surface area contributed by atoms with Crippen molar-refractivity contribution >= 4 is 34.4 Å². The molecule has 1 fully saturated rings. The predicted octanol–water partition coefficient (Wildman–Crippen LogP) is 5.94. The third-order valence-corrected chi connectivity index (χ3v) is 8.62. The second kappa shape index (κ2) is 11.8. The second-order valence-corrected chi connectivity index (χ2v) is 11.4. The number of hydrogen-bond donors (Lipinski definition) is 1. The molecule has 43 heavy (non-hydrogen) atoms. The number of hydrogen-bond acceptors (Lipinski definition) is 8. The number of fused-ring (bicyclic) bond motifs is 1. The Morgan fingerprint density at radius 2 is 1.91 bits per heavy atom. The van der Waals surface area contributed by atoms with Crippen molar-refractivity contribution in [1.29, 1.82) is 0 Å². The molecule has 11 nitrogen and oxygen atoms in total. The van der Waals surface area contributed by atoms with Crippen LogP contribution in [0, 0.1) is 0 Å². The van der Waals surface area contributed by atoms with Gasteiger partial charge >= 0.3 is 12.1 Å². The summed E-state index contributed by atoms with van der Waals surface area (Å²) in [6.07, 6.45) is 5.43. The number of amides is 1. The van der Waals surface area contributed by atoms with Crippen LogP contribution in [0.15, 0.2) is 67.3 Å². The van der Waals surface area contributed by atoms with Crippen molar-refractivity contribution in [3.8, 4) is 27.6 Å². The maximum Gasteiger partial charge on any atom is 0.407 e. The fraction of sp³-hybridized carbons (Fsp3) is 0.290. The van der Waals surface area contributed by atoms with E-state index in [-0.39, 0.29) is 6.10 Å². The van der Waals surface area contributed by atoms with Crippen molar-refractivity contribution in [2.75, 3.05) is 20.2 Å². The zero-order valence-electron chi connectivity index (χ0n) is 24.0. The Morgan fingerprint density at radius 3 is 2.63 bits per heavy atom. The molecule has 1 unspecified atom stereocenters. The van der Waals surface area contributed by atoms with Crippen LogP contribution in [0.25, 0.3) is 27.2 Å². The van der Waals surface area contributed by atoms with E-state index in [4.69, 9.17) is 14.2 Å². The lowest BCUT2D eigenvalue weighted by atomic mass is 10.1. The third-order valence-electron chi connectivity index (χ3n) is 7.53. The van der Waals surface area contributed by atoms with Gasteiger partial charge in [-0.15, -0.1) is 11.3 Å². The van der Waals surface area contributed by atoms with E-state index in [1.807, 2.05) is 79.5 Å². The molecule has 0 saturated carbocycles. The Kier molecular flexibility index (Phi) is 7.76.